The number of amides is 4. The topological polar surface area (TPSA) is 88.1 Å². The summed E-state index contributed by atoms with van der Waals surface area (Å²) in [5, 5.41) is 2.89. The summed E-state index contributed by atoms with van der Waals surface area (Å²) in [4.78, 5) is 42.5. The summed E-state index contributed by atoms with van der Waals surface area (Å²) in [6, 6.07) is 6.77. The number of methoxy groups -OCH3 is 1. The van der Waals surface area contributed by atoms with Gasteiger partial charge < -0.3 is 10.1 Å². The molecule has 1 heterocycles. The van der Waals surface area contributed by atoms with Crippen LogP contribution < -0.4 is 10.1 Å². The molecule has 3 aliphatic rings. The van der Waals surface area contributed by atoms with Crippen LogP contribution in [0, 0.1) is 5.92 Å². The molecule has 7 heteroatoms. The van der Waals surface area contributed by atoms with Crippen molar-refractivity contribution < 1.29 is 19.1 Å². The lowest BCUT2D eigenvalue weighted by Crippen LogP contribution is -2.46. The molecule has 4 rings (SSSR count). The molecule has 1 saturated carbocycles. The molecule has 1 aromatic carbocycles. The minimum Gasteiger partial charge on any atom is -0.497 e. The zero-order chi connectivity index (χ0) is 19.0. The van der Waals surface area contributed by atoms with Gasteiger partial charge in [0.05, 0.1) is 25.3 Å². The Labute approximate surface area is 156 Å². The number of benzene rings is 1. The van der Waals surface area contributed by atoms with Gasteiger partial charge in [0.2, 0.25) is 5.91 Å². The van der Waals surface area contributed by atoms with Crippen LogP contribution in [0.2, 0.25) is 0 Å². The van der Waals surface area contributed by atoms with Gasteiger partial charge in [-0.25, -0.2) is 4.79 Å². The summed E-state index contributed by atoms with van der Waals surface area (Å²) in [6.45, 7) is 0.140. The van der Waals surface area contributed by atoms with E-state index in [-0.39, 0.29) is 24.4 Å². The molecule has 27 heavy (non-hydrogen) atoms. The summed E-state index contributed by atoms with van der Waals surface area (Å²) in [6.07, 6.45) is 6.77. The van der Waals surface area contributed by atoms with E-state index in [2.05, 4.69) is 10.3 Å². The van der Waals surface area contributed by atoms with Gasteiger partial charge in [-0.1, -0.05) is 24.3 Å². The maximum absolute atomic E-state index is 12.8. The van der Waals surface area contributed by atoms with Crippen molar-refractivity contribution >= 4 is 23.6 Å². The maximum Gasteiger partial charge on any atom is 0.350 e. The molecule has 1 fully saturated rings. The molecule has 2 aliphatic carbocycles. The van der Waals surface area contributed by atoms with Crippen LogP contribution in [-0.4, -0.2) is 41.6 Å². The summed E-state index contributed by atoms with van der Waals surface area (Å²) < 4.78 is 5.11. The average Bonchev–Trinajstić information content (AvgIpc) is 3.49. The largest absolute Gasteiger partial charge is 0.497 e. The van der Waals surface area contributed by atoms with Crippen LogP contribution in [0.1, 0.15) is 18.4 Å². The van der Waals surface area contributed by atoms with E-state index in [0.717, 1.165) is 23.3 Å². The first-order valence-corrected chi connectivity index (χ1v) is 8.83. The smallest absolute Gasteiger partial charge is 0.350 e. The number of urea groups is 1. The van der Waals surface area contributed by atoms with E-state index in [0.29, 0.717) is 17.0 Å². The molecule has 1 aromatic rings. The summed E-state index contributed by atoms with van der Waals surface area (Å²) in [5.41, 5.74) is 1.54. The van der Waals surface area contributed by atoms with Gasteiger partial charge in [0.1, 0.15) is 5.75 Å². The highest BCUT2D eigenvalue weighted by Gasteiger charge is 2.37. The standard InChI is InChI=1S/C20H19N3O4/c1-27-15-7-2-12(3-8-15)11-23-19(25)16-9-4-13(10-17(16)22-20(23)26)18(24)21-14-5-6-14/h2-4,7-10,14,16H,5-6,11H2,1H3,(H,21,24). The Morgan fingerprint density at radius 2 is 2.00 bits per heavy atom. The number of hydrogen-bond donors (Lipinski definition) is 1. The highest BCUT2D eigenvalue weighted by Crippen LogP contribution is 2.25. The molecule has 1 unspecified atom stereocenters. The number of imide groups is 1. The molecule has 4 amide bonds. The number of carbonyl (C=O) groups excluding carboxylic acids is 3. The number of fused-ring (bicyclic) bond motifs is 1. The number of carbonyl (C=O) groups is 3. The molecule has 1 atom stereocenters. The first kappa shape index (κ1) is 17.2. The molecule has 0 radical (unpaired) electrons. The van der Waals surface area contributed by atoms with Gasteiger partial charge in [0, 0.05) is 11.6 Å². The fourth-order valence-corrected chi connectivity index (χ4v) is 3.04. The molecule has 0 spiro atoms. The second-order valence-electron chi connectivity index (χ2n) is 6.78. The zero-order valence-electron chi connectivity index (χ0n) is 14.8. The van der Waals surface area contributed by atoms with Gasteiger partial charge in [-0.15, -0.1) is 0 Å². The number of ether oxygens (including phenoxy) is 1. The second-order valence-corrected chi connectivity index (χ2v) is 6.78. The Balaban J connectivity index is 1.52. The zero-order valence-corrected chi connectivity index (χ0v) is 14.8. The lowest BCUT2D eigenvalue weighted by Gasteiger charge is -2.29. The van der Waals surface area contributed by atoms with Gasteiger partial charge in [0.15, 0.2) is 0 Å². The maximum atomic E-state index is 12.8. The Bertz CT molecular complexity index is 894. The van der Waals surface area contributed by atoms with E-state index in [1.165, 1.54) is 6.08 Å². The van der Waals surface area contributed by atoms with Crippen LogP contribution in [-0.2, 0) is 16.1 Å². The van der Waals surface area contributed by atoms with Crippen LogP contribution in [0.3, 0.4) is 0 Å². The average molecular weight is 365 g/mol. The van der Waals surface area contributed by atoms with Crippen LogP contribution in [0.15, 0.2) is 53.1 Å². The minimum absolute atomic E-state index is 0.140. The second kappa shape index (κ2) is 6.83. The van der Waals surface area contributed by atoms with E-state index >= 15 is 0 Å². The normalized spacial score (nSPS) is 21.4. The lowest BCUT2D eigenvalue weighted by molar-refractivity contribution is -0.130. The Hall–Kier alpha value is -3.22. The molecule has 0 saturated heterocycles. The Kier molecular flexibility index (Phi) is 4.35. The predicted molar refractivity (Wildman–Crippen MR) is 98.3 cm³/mol. The van der Waals surface area contributed by atoms with Crippen molar-refractivity contribution in [3.05, 3.63) is 53.6 Å². The number of rotatable bonds is 5. The van der Waals surface area contributed by atoms with Crippen molar-refractivity contribution in [2.24, 2.45) is 10.9 Å². The summed E-state index contributed by atoms with van der Waals surface area (Å²) >= 11 is 0. The van der Waals surface area contributed by atoms with Gasteiger partial charge >= 0.3 is 6.03 Å². The number of aliphatic imine (C=N–C) groups is 1. The van der Waals surface area contributed by atoms with Crippen LogP contribution in [0.5, 0.6) is 5.75 Å². The van der Waals surface area contributed by atoms with Crippen LogP contribution in [0.25, 0.3) is 0 Å². The van der Waals surface area contributed by atoms with Crippen molar-refractivity contribution in [2.75, 3.05) is 7.11 Å². The molecule has 0 aromatic heterocycles. The van der Waals surface area contributed by atoms with Gasteiger partial charge in [-0.05, 0) is 36.6 Å². The number of nitrogens with one attached hydrogen (secondary N) is 1. The lowest BCUT2D eigenvalue weighted by atomic mass is 9.91. The summed E-state index contributed by atoms with van der Waals surface area (Å²) in [5.74, 6) is -0.475. The Morgan fingerprint density at radius 3 is 2.67 bits per heavy atom. The molecule has 138 valence electrons. The van der Waals surface area contributed by atoms with Crippen LogP contribution in [0.4, 0.5) is 4.79 Å². The predicted octanol–water partition coefficient (Wildman–Crippen LogP) is 1.99. The molecule has 1 aliphatic heterocycles. The van der Waals surface area contributed by atoms with Gasteiger partial charge in [0.25, 0.3) is 5.91 Å². The third kappa shape index (κ3) is 3.53. The highest BCUT2D eigenvalue weighted by molar-refractivity contribution is 6.23. The molecular formula is C20H19N3O4. The minimum atomic E-state index is -0.640. The van der Waals surface area contributed by atoms with E-state index in [9.17, 15) is 14.4 Å². The number of hydrogen-bond acceptors (Lipinski definition) is 4. The van der Waals surface area contributed by atoms with Crippen molar-refractivity contribution in [2.45, 2.75) is 25.4 Å². The third-order valence-corrected chi connectivity index (χ3v) is 4.75. The van der Waals surface area contributed by atoms with E-state index in [4.69, 9.17) is 4.74 Å². The third-order valence-electron chi connectivity index (χ3n) is 4.75. The van der Waals surface area contributed by atoms with E-state index < -0.39 is 11.9 Å². The van der Waals surface area contributed by atoms with Crippen molar-refractivity contribution in [3.8, 4) is 5.75 Å². The fourth-order valence-electron chi connectivity index (χ4n) is 3.04. The SMILES string of the molecule is COc1ccc(CN2C(=O)N=C3C=C(C(=O)NC4CC4)C=CC3C2=O)cc1. The Morgan fingerprint density at radius 1 is 1.26 bits per heavy atom. The van der Waals surface area contributed by atoms with Crippen molar-refractivity contribution in [1.82, 2.24) is 10.2 Å². The molecule has 7 nitrogen and oxygen atoms in total. The summed E-state index contributed by atoms with van der Waals surface area (Å²) in [7, 11) is 1.57. The van der Waals surface area contributed by atoms with Crippen LogP contribution >= 0.6 is 0 Å². The monoisotopic (exact) mass is 365 g/mol. The molecular weight excluding hydrogens is 346 g/mol. The van der Waals surface area contributed by atoms with Gasteiger partial charge in [-0.3, -0.25) is 14.5 Å². The van der Waals surface area contributed by atoms with Gasteiger partial charge in [-0.2, -0.15) is 4.99 Å². The molecule has 1 N–H and O–H groups in total. The number of allylic oxidation sites excluding steroid dienone is 1. The highest BCUT2D eigenvalue weighted by atomic mass is 16.5. The van der Waals surface area contributed by atoms with Crippen molar-refractivity contribution in [1.29, 1.82) is 0 Å². The molecule has 0 bridgehead atoms. The van der Waals surface area contributed by atoms with E-state index in [1.54, 1.807) is 43.5 Å². The fraction of sp³-hybridized carbons (Fsp3) is 0.300. The first-order chi connectivity index (χ1) is 13.0. The first-order valence-electron chi connectivity index (χ1n) is 8.83. The van der Waals surface area contributed by atoms with Crippen molar-refractivity contribution in [3.63, 3.8) is 0 Å². The number of nitrogens with zero attached hydrogens (tertiary/aromatic N) is 2. The quantitative estimate of drug-likeness (QED) is 0.864. The van der Waals surface area contributed by atoms with E-state index in [1.807, 2.05) is 0 Å².